The highest BCUT2D eigenvalue weighted by Crippen LogP contribution is 2.26. The maximum absolute atomic E-state index is 13.1. The van der Waals surface area contributed by atoms with Gasteiger partial charge < -0.3 is 0 Å². The Kier molecular flexibility index (Phi) is 5.16. The van der Waals surface area contributed by atoms with Crippen molar-refractivity contribution in [2.45, 2.75) is 19.4 Å². The average molecular weight is 358 g/mol. The first kappa shape index (κ1) is 15.4. The van der Waals surface area contributed by atoms with Crippen molar-refractivity contribution in [1.29, 1.82) is 0 Å². The lowest BCUT2D eigenvalue weighted by Crippen LogP contribution is -2.29. The van der Waals surface area contributed by atoms with Crippen molar-refractivity contribution in [2.75, 3.05) is 0 Å². The lowest BCUT2D eigenvalue weighted by atomic mass is 9.98. The highest BCUT2D eigenvalue weighted by molar-refractivity contribution is 9.10. The van der Waals surface area contributed by atoms with E-state index in [-0.39, 0.29) is 11.9 Å². The Bertz CT molecular complexity index is 619. The second kappa shape index (κ2) is 6.68. The van der Waals surface area contributed by atoms with Gasteiger partial charge in [-0.05, 0) is 48.2 Å². The number of rotatable bonds is 4. The maximum Gasteiger partial charge on any atom is 0.124 e. The number of halogens is 3. The minimum Gasteiger partial charge on any atom is -0.271 e. The van der Waals surface area contributed by atoms with Crippen LogP contribution in [-0.4, -0.2) is 0 Å². The first-order chi connectivity index (χ1) is 9.51. The third-order valence-corrected chi connectivity index (χ3v) is 4.38. The molecule has 0 bridgehead atoms. The van der Waals surface area contributed by atoms with Gasteiger partial charge >= 0.3 is 0 Å². The SMILES string of the molecule is Cc1ccc(C(Cc2ccc(F)cc2Br)NN)cc1Cl. The van der Waals surface area contributed by atoms with Crippen molar-refractivity contribution in [1.82, 2.24) is 5.43 Å². The normalized spacial score (nSPS) is 12.4. The first-order valence-corrected chi connectivity index (χ1v) is 7.34. The van der Waals surface area contributed by atoms with Crippen molar-refractivity contribution in [3.8, 4) is 0 Å². The Balaban J connectivity index is 2.26. The summed E-state index contributed by atoms with van der Waals surface area (Å²) < 4.78 is 13.8. The summed E-state index contributed by atoms with van der Waals surface area (Å²) in [6, 6.07) is 10.4. The molecule has 0 aromatic heterocycles. The van der Waals surface area contributed by atoms with Crippen LogP contribution in [0.5, 0.6) is 0 Å². The lowest BCUT2D eigenvalue weighted by molar-refractivity contribution is 0.549. The van der Waals surface area contributed by atoms with E-state index >= 15 is 0 Å². The third-order valence-electron chi connectivity index (χ3n) is 3.24. The van der Waals surface area contributed by atoms with Crippen molar-refractivity contribution < 1.29 is 4.39 Å². The average Bonchev–Trinajstić information content (AvgIpc) is 2.41. The smallest absolute Gasteiger partial charge is 0.124 e. The molecular formula is C15H15BrClFN2. The van der Waals surface area contributed by atoms with E-state index < -0.39 is 0 Å². The zero-order valence-corrected chi connectivity index (χ0v) is 13.3. The fourth-order valence-electron chi connectivity index (χ4n) is 2.01. The molecule has 0 spiro atoms. The molecule has 0 aliphatic rings. The molecule has 0 saturated heterocycles. The predicted molar refractivity (Wildman–Crippen MR) is 84.1 cm³/mol. The predicted octanol–water partition coefficient (Wildman–Crippen LogP) is 4.30. The molecule has 2 rings (SSSR count). The molecule has 106 valence electrons. The molecule has 1 atom stereocenters. The van der Waals surface area contributed by atoms with Crippen LogP contribution in [0.25, 0.3) is 0 Å². The van der Waals surface area contributed by atoms with E-state index in [0.29, 0.717) is 11.4 Å². The second-order valence-electron chi connectivity index (χ2n) is 4.67. The Hall–Kier alpha value is -0.940. The summed E-state index contributed by atoms with van der Waals surface area (Å²) in [5, 5.41) is 0.709. The van der Waals surface area contributed by atoms with E-state index in [1.165, 1.54) is 12.1 Å². The van der Waals surface area contributed by atoms with Crippen LogP contribution in [0.3, 0.4) is 0 Å². The van der Waals surface area contributed by atoms with Crippen LogP contribution in [0.15, 0.2) is 40.9 Å². The van der Waals surface area contributed by atoms with Crippen molar-refractivity contribution in [3.63, 3.8) is 0 Å². The van der Waals surface area contributed by atoms with Gasteiger partial charge in [-0.2, -0.15) is 0 Å². The van der Waals surface area contributed by atoms with Crippen LogP contribution in [0.1, 0.15) is 22.7 Å². The van der Waals surface area contributed by atoms with E-state index in [1.807, 2.05) is 25.1 Å². The summed E-state index contributed by atoms with van der Waals surface area (Å²) >= 11 is 9.51. The van der Waals surface area contributed by atoms with Gasteiger partial charge in [0.05, 0.1) is 6.04 Å². The Morgan fingerprint density at radius 1 is 1.30 bits per heavy atom. The van der Waals surface area contributed by atoms with Crippen LogP contribution in [-0.2, 0) is 6.42 Å². The first-order valence-electron chi connectivity index (χ1n) is 6.17. The molecule has 0 fully saturated rings. The minimum absolute atomic E-state index is 0.0881. The van der Waals surface area contributed by atoms with Crippen LogP contribution in [0, 0.1) is 12.7 Å². The molecule has 0 saturated carbocycles. The van der Waals surface area contributed by atoms with E-state index in [2.05, 4.69) is 21.4 Å². The Morgan fingerprint density at radius 3 is 2.65 bits per heavy atom. The largest absolute Gasteiger partial charge is 0.271 e. The molecule has 0 aliphatic carbocycles. The van der Waals surface area contributed by atoms with Gasteiger partial charge in [0.2, 0.25) is 0 Å². The molecule has 5 heteroatoms. The molecule has 0 heterocycles. The summed E-state index contributed by atoms with van der Waals surface area (Å²) in [6.45, 7) is 1.95. The van der Waals surface area contributed by atoms with Gasteiger partial charge in [0.25, 0.3) is 0 Å². The number of hydrogen-bond acceptors (Lipinski definition) is 2. The van der Waals surface area contributed by atoms with E-state index in [0.717, 1.165) is 21.2 Å². The van der Waals surface area contributed by atoms with Gasteiger partial charge in [0.15, 0.2) is 0 Å². The van der Waals surface area contributed by atoms with Crippen molar-refractivity contribution in [2.24, 2.45) is 5.84 Å². The lowest BCUT2D eigenvalue weighted by Gasteiger charge is -2.18. The maximum atomic E-state index is 13.1. The molecule has 2 aromatic carbocycles. The van der Waals surface area contributed by atoms with Gasteiger partial charge in [-0.25, -0.2) is 4.39 Å². The fraction of sp³-hybridized carbons (Fsp3) is 0.200. The van der Waals surface area contributed by atoms with Gasteiger partial charge in [0.1, 0.15) is 5.82 Å². The molecule has 1 unspecified atom stereocenters. The summed E-state index contributed by atoms with van der Waals surface area (Å²) in [4.78, 5) is 0. The van der Waals surface area contributed by atoms with Gasteiger partial charge in [0, 0.05) is 9.50 Å². The number of nitrogens with two attached hydrogens (primary N) is 1. The van der Waals surface area contributed by atoms with Crippen LogP contribution in [0.2, 0.25) is 5.02 Å². The third kappa shape index (κ3) is 3.58. The monoisotopic (exact) mass is 356 g/mol. The van der Waals surface area contributed by atoms with E-state index in [4.69, 9.17) is 17.4 Å². The van der Waals surface area contributed by atoms with Crippen LogP contribution < -0.4 is 11.3 Å². The number of hydrogen-bond donors (Lipinski definition) is 2. The molecule has 2 nitrogen and oxygen atoms in total. The summed E-state index contributed by atoms with van der Waals surface area (Å²) in [6.07, 6.45) is 0.636. The minimum atomic E-state index is -0.267. The Labute approximate surface area is 131 Å². The zero-order valence-electron chi connectivity index (χ0n) is 11.0. The topological polar surface area (TPSA) is 38.0 Å². The number of aryl methyl sites for hydroxylation is 1. The highest BCUT2D eigenvalue weighted by Gasteiger charge is 2.13. The molecule has 0 amide bonds. The Morgan fingerprint density at radius 2 is 2.05 bits per heavy atom. The molecule has 0 radical (unpaired) electrons. The second-order valence-corrected chi connectivity index (χ2v) is 5.93. The summed E-state index contributed by atoms with van der Waals surface area (Å²) in [7, 11) is 0. The zero-order chi connectivity index (χ0) is 14.7. The molecule has 3 N–H and O–H groups in total. The van der Waals surface area contributed by atoms with Gasteiger partial charge in [-0.3, -0.25) is 11.3 Å². The standard InChI is InChI=1S/C15H15BrClFN2/c1-9-2-3-11(6-14(9)17)15(20-19)7-10-4-5-12(18)8-13(10)16/h2-6,8,15,20H,7,19H2,1H3. The van der Waals surface area contributed by atoms with Crippen LogP contribution in [0.4, 0.5) is 4.39 Å². The van der Waals surface area contributed by atoms with E-state index in [9.17, 15) is 4.39 Å². The van der Waals surface area contributed by atoms with Gasteiger partial charge in [-0.1, -0.05) is 45.7 Å². The van der Waals surface area contributed by atoms with Crippen molar-refractivity contribution in [3.05, 3.63) is 68.4 Å². The summed E-state index contributed by atoms with van der Waals surface area (Å²) in [5.41, 5.74) is 5.78. The number of hydrazine groups is 1. The van der Waals surface area contributed by atoms with Crippen molar-refractivity contribution >= 4 is 27.5 Å². The summed E-state index contributed by atoms with van der Waals surface area (Å²) in [5.74, 6) is 5.37. The quantitative estimate of drug-likeness (QED) is 0.632. The molecular weight excluding hydrogens is 343 g/mol. The fourth-order valence-corrected chi connectivity index (χ4v) is 2.71. The number of nitrogens with one attached hydrogen (secondary N) is 1. The highest BCUT2D eigenvalue weighted by atomic mass is 79.9. The molecule has 20 heavy (non-hydrogen) atoms. The molecule has 2 aromatic rings. The van der Waals surface area contributed by atoms with E-state index in [1.54, 1.807) is 6.07 Å². The van der Waals surface area contributed by atoms with Crippen LogP contribution >= 0.6 is 27.5 Å². The molecule has 0 aliphatic heterocycles. The van der Waals surface area contributed by atoms with Gasteiger partial charge in [-0.15, -0.1) is 0 Å². The number of benzene rings is 2.